The minimum atomic E-state index is -0.565. The van der Waals surface area contributed by atoms with Crippen molar-refractivity contribution in [3.63, 3.8) is 0 Å². The predicted octanol–water partition coefficient (Wildman–Crippen LogP) is 4.45. The molecule has 0 spiro atoms. The third kappa shape index (κ3) is 5.03. The maximum Gasteiger partial charge on any atom is 0.415 e. The zero-order valence-electron chi connectivity index (χ0n) is 18.7. The molecule has 1 aliphatic heterocycles. The van der Waals surface area contributed by atoms with Crippen molar-refractivity contribution in [2.75, 3.05) is 26.7 Å². The van der Waals surface area contributed by atoms with Crippen LogP contribution < -0.4 is 9.47 Å². The van der Waals surface area contributed by atoms with Crippen LogP contribution in [0.3, 0.4) is 0 Å². The number of amides is 1. The smallest absolute Gasteiger partial charge is 0.415 e. The van der Waals surface area contributed by atoms with E-state index in [1.807, 2.05) is 0 Å². The van der Waals surface area contributed by atoms with E-state index in [1.54, 1.807) is 20.9 Å². The summed E-state index contributed by atoms with van der Waals surface area (Å²) >= 11 is 0. The van der Waals surface area contributed by atoms with E-state index in [4.69, 9.17) is 14.0 Å². The molecule has 2 heterocycles. The topological polar surface area (TPSA) is 68.0 Å². The van der Waals surface area contributed by atoms with Crippen LogP contribution in [0.5, 0.6) is 11.5 Å². The number of likely N-dealkylation sites (tertiary alicyclic amines) is 1. The van der Waals surface area contributed by atoms with Gasteiger partial charge in [0.15, 0.2) is 11.5 Å². The predicted molar refractivity (Wildman–Crippen MR) is 113 cm³/mol. The lowest BCUT2D eigenvalue weighted by molar-refractivity contribution is 0.0478. The van der Waals surface area contributed by atoms with Crippen LogP contribution in [0, 0.1) is 31.4 Å². The molecule has 9 heteroatoms. The number of halogens is 2. The van der Waals surface area contributed by atoms with Crippen molar-refractivity contribution in [3.8, 4) is 11.5 Å². The van der Waals surface area contributed by atoms with Crippen LogP contribution in [0.25, 0.3) is 0 Å². The lowest BCUT2D eigenvalue weighted by Gasteiger charge is -2.37. The van der Waals surface area contributed by atoms with Gasteiger partial charge in [0.1, 0.15) is 23.1 Å². The summed E-state index contributed by atoms with van der Waals surface area (Å²) in [5.74, 6) is 0.0986. The van der Waals surface area contributed by atoms with Gasteiger partial charge in [-0.25, -0.2) is 13.6 Å². The van der Waals surface area contributed by atoms with E-state index in [0.29, 0.717) is 43.1 Å². The van der Waals surface area contributed by atoms with E-state index >= 15 is 0 Å². The molecular formula is C23H29F2N3O4. The maximum absolute atomic E-state index is 14.5. The molecule has 0 bridgehead atoms. The molecule has 2 aromatic rings. The van der Waals surface area contributed by atoms with Gasteiger partial charge in [-0.3, -0.25) is 4.90 Å². The van der Waals surface area contributed by atoms with Crippen LogP contribution in [0.4, 0.5) is 13.6 Å². The molecule has 1 aromatic carbocycles. The number of carbonyl (C=O) groups excluding carboxylic acids is 1. The Morgan fingerprint density at radius 3 is 2.47 bits per heavy atom. The van der Waals surface area contributed by atoms with Crippen molar-refractivity contribution in [2.45, 2.75) is 52.2 Å². The van der Waals surface area contributed by atoms with E-state index in [-0.39, 0.29) is 23.3 Å². The largest absolute Gasteiger partial charge is 0.490 e. The first-order chi connectivity index (χ1) is 15.3. The van der Waals surface area contributed by atoms with E-state index < -0.39 is 17.7 Å². The van der Waals surface area contributed by atoms with Gasteiger partial charge in [0, 0.05) is 44.8 Å². The van der Waals surface area contributed by atoms with Gasteiger partial charge in [-0.05, 0) is 51.6 Å². The Bertz CT molecular complexity index is 926. The highest BCUT2D eigenvalue weighted by Crippen LogP contribution is 2.33. The molecule has 1 aliphatic carbocycles. The molecule has 4 rings (SSSR count). The number of nitrogens with zero attached hydrogens (tertiary/aromatic N) is 3. The number of benzene rings is 1. The zero-order valence-corrected chi connectivity index (χ0v) is 18.7. The Hall–Kier alpha value is -2.68. The molecule has 1 amide bonds. The minimum Gasteiger partial charge on any atom is -0.490 e. The van der Waals surface area contributed by atoms with Gasteiger partial charge in [0.2, 0.25) is 0 Å². The number of rotatable bonds is 7. The number of hydrogen-bond donors (Lipinski definition) is 0. The van der Waals surface area contributed by atoms with Gasteiger partial charge in [0.25, 0.3) is 0 Å². The summed E-state index contributed by atoms with van der Waals surface area (Å²) in [5.41, 5.74) is 0.622. The second-order valence-corrected chi connectivity index (χ2v) is 8.83. The van der Waals surface area contributed by atoms with Gasteiger partial charge in [-0.2, -0.15) is 0 Å². The molecule has 32 heavy (non-hydrogen) atoms. The quantitative estimate of drug-likeness (QED) is 0.622. The third-order valence-electron chi connectivity index (χ3n) is 6.19. The highest BCUT2D eigenvalue weighted by Gasteiger charge is 2.33. The fourth-order valence-corrected chi connectivity index (χ4v) is 4.32. The van der Waals surface area contributed by atoms with Crippen LogP contribution in [-0.4, -0.2) is 53.8 Å². The van der Waals surface area contributed by atoms with Gasteiger partial charge in [0.05, 0.1) is 6.10 Å². The Labute approximate surface area is 186 Å². The molecule has 1 aromatic heterocycles. The van der Waals surface area contributed by atoms with Crippen molar-refractivity contribution < 1.29 is 27.6 Å². The van der Waals surface area contributed by atoms with Crippen molar-refractivity contribution in [1.82, 2.24) is 15.0 Å². The Balaban J connectivity index is 1.24. The Kier molecular flexibility index (Phi) is 6.64. The fraction of sp³-hybridized carbons (Fsp3) is 0.565. The fourth-order valence-electron chi connectivity index (χ4n) is 4.32. The summed E-state index contributed by atoms with van der Waals surface area (Å²) in [7, 11) is 1.67. The Morgan fingerprint density at radius 2 is 1.88 bits per heavy atom. The van der Waals surface area contributed by atoms with Crippen LogP contribution in [0.15, 0.2) is 16.7 Å². The summed E-state index contributed by atoms with van der Waals surface area (Å²) < 4.78 is 45.1. The average Bonchev–Trinajstić information content (AvgIpc) is 3.34. The summed E-state index contributed by atoms with van der Waals surface area (Å²) in [6.07, 6.45) is 2.92. The molecule has 1 saturated heterocycles. The Morgan fingerprint density at radius 1 is 1.22 bits per heavy atom. The normalized spacial score (nSPS) is 20.8. The molecule has 174 valence electrons. The van der Waals surface area contributed by atoms with Crippen LogP contribution in [0.1, 0.15) is 42.7 Å². The first-order valence-corrected chi connectivity index (χ1v) is 11.0. The number of aryl methyl sites for hydroxylation is 2. The van der Waals surface area contributed by atoms with Crippen molar-refractivity contribution in [3.05, 3.63) is 40.8 Å². The second kappa shape index (κ2) is 9.44. The standard InChI is InChI=1S/C23H29F2N3O4/c1-14-22(15(2)32-26-14)31-23(29)27(3)12-16-8-17(9-16)30-18-10-20(24)19(21(25)11-18)13-28-6-4-5-7-28/h10-11,16-17H,4-9,12-13H2,1-3H3. The van der Waals surface area contributed by atoms with E-state index in [0.717, 1.165) is 25.9 Å². The number of aromatic nitrogens is 1. The molecule has 0 unspecified atom stereocenters. The maximum atomic E-state index is 14.5. The van der Waals surface area contributed by atoms with Crippen molar-refractivity contribution in [2.24, 2.45) is 5.92 Å². The second-order valence-electron chi connectivity index (χ2n) is 8.83. The number of hydrogen-bond acceptors (Lipinski definition) is 6. The van der Waals surface area contributed by atoms with E-state index in [1.165, 1.54) is 17.0 Å². The van der Waals surface area contributed by atoms with E-state index in [2.05, 4.69) is 10.1 Å². The summed E-state index contributed by atoms with van der Waals surface area (Å²) in [5, 5.41) is 3.77. The molecule has 7 nitrogen and oxygen atoms in total. The van der Waals surface area contributed by atoms with Crippen molar-refractivity contribution >= 4 is 6.09 Å². The van der Waals surface area contributed by atoms with Crippen LogP contribution in [-0.2, 0) is 6.54 Å². The summed E-state index contributed by atoms with van der Waals surface area (Å²) in [4.78, 5) is 15.9. The highest BCUT2D eigenvalue weighted by atomic mass is 19.1. The molecular weight excluding hydrogens is 420 g/mol. The molecule has 0 radical (unpaired) electrons. The van der Waals surface area contributed by atoms with Crippen LogP contribution in [0.2, 0.25) is 0 Å². The molecule has 2 fully saturated rings. The van der Waals surface area contributed by atoms with Crippen molar-refractivity contribution in [1.29, 1.82) is 0 Å². The summed E-state index contributed by atoms with van der Waals surface area (Å²) in [6, 6.07) is 2.55. The molecule has 0 N–H and O–H groups in total. The first kappa shape index (κ1) is 22.5. The molecule has 1 saturated carbocycles. The van der Waals surface area contributed by atoms with Gasteiger partial charge in [-0.15, -0.1) is 0 Å². The van der Waals surface area contributed by atoms with Crippen LogP contribution >= 0.6 is 0 Å². The molecule has 2 aliphatic rings. The zero-order chi connectivity index (χ0) is 22.8. The third-order valence-corrected chi connectivity index (χ3v) is 6.19. The molecule has 0 atom stereocenters. The lowest BCUT2D eigenvalue weighted by atomic mass is 9.82. The number of ether oxygens (including phenoxy) is 2. The van der Waals surface area contributed by atoms with Gasteiger partial charge < -0.3 is 18.9 Å². The monoisotopic (exact) mass is 449 g/mol. The summed E-state index contributed by atoms with van der Waals surface area (Å²) in [6.45, 7) is 5.93. The number of carbonyl (C=O) groups is 1. The first-order valence-electron chi connectivity index (χ1n) is 11.0. The minimum absolute atomic E-state index is 0.101. The van der Waals surface area contributed by atoms with E-state index in [9.17, 15) is 13.6 Å². The lowest BCUT2D eigenvalue weighted by Crippen LogP contribution is -2.42. The highest BCUT2D eigenvalue weighted by molar-refractivity contribution is 5.70. The average molecular weight is 449 g/mol. The van der Waals surface area contributed by atoms with Gasteiger partial charge in [-0.1, -0.05) is 5.16 Å². The SMILES string of the molecule is Cc1noc(C)c1OC(=O)N(C)CC1CC(Oc2cc(F)c(CN3CCCC3)c(F)c2)C1. The van der Waals surface area contributed by atoms with Gasteiger partial charge >= 0.3 is 6.09 Å².